The number of hydrogen-bond acceptors (Lipinski definition) is 1. The normalized spacial score (nSPS) is 11.9. The van der Waals surface area contributed by atoms with Crippen LogP contribution < -0.4 is 10.4 Å². The summed E-state index contributed by atoms with van der Waals surface area (Å²) in [7, 11) is -1.92. The minimum atomic E-state index is -1.92. The lowest BCUT2D eigenvalue weighted by molar-refractivity contribution is 0.848. The Labute approximate surface area is 145 Å². The van der Waals surface area contributed by atoms with Crippen LogP contribution in [0.3, 0.4) is 0 Å². The molecule has 2 nitrogen and oxygen atoms in total. The molecule has 2 aromatic carbocycles. The van der Waals surface area contributed by atoms with Gasteiger partial charge in [-0.2, -0.15) is 0 Å². The number of aromatic nitrogens is 2. The van der Waals surface area contributed by atoms with E-state index in [0.717, 1.165) is 12.6 Å². The summed E-state index contributed by atoms with van der Waals surface area (Å²) in [4.78, 5) is 4.26. The second-order valence-electron chi connectivity index (χ2n) is 6.16. The van der Waals surface area contributed by atoms with Crippen LogP contribution in [0, 0.1) is 0 Å². The molecule has 1 aromatic heterocycles. The zero-order valence-corrected chi connectivity index (χ0v) is 15.2. The van der Waals surface area contributed by atoms with E-state index in [9.17, 15) is 0 Å². The number of imidazole rings is 1. The Kier molecular flexibility index (Phi) is 5.44. The Morgan fingerprint density at radius 3 is 2.08 bits per heavy atom. The van der Waals surface area contributed by atoms with Crippen LogP contribution in [0.2, 0.25) is 6.04 Å². The molecule has 0 saturated heterocycles. The minimum Gasteiger partial charge on any atom is -0.340 e. The van der Waals surface area contributed by atoms with Crippen LogP contribution >= 0.6 is 0 Å². The summed E-state index contributed by atoms with van der Waals surface area (Å²) in [6, 6.07) is 23.3. The summed E-state index contributed by atoms with van der Waals surface area (Å²) in [5.41, 5.74) is 0. The first kappa shape index (κ1) is 16.5. The predicted octanol–water partition coefficient (Wildman–Crippen LogP) is 3.65. The molecule has 0 unspecified atom stereocenters. The smallest absolute Gasteiger partial charge is 0.138 e. The molecule has 0 spiro atoms. The maximum Gasteiger partial charge on any atom is 0.138 e. The molecule has 3 heteroatoms. The van der Waals surface area contributed by atoms with Crippen LogP contribution in [-0.2, 0) is 6.17 Å². The maximum atomic E-state index is 4.26. The van der Waals surface area contributed by atoms with E-state index in [1.807, 2.05) is 12.5 Å². The van der Waals surface area contributed by atoms with Crippen LogP contribution in [-0.4, -0.2) is 17.6 Å². The Hall–Kier alpha value is -2.39. The van der Waals surface area contributed by atoms with Crippen LogP contribution in [0.25, 0.3) is 0 Å². The Bertz CT molecular complexity index is 710. The SMILES string of the molecule is CC=CCC[Si](Cn1ccnc1)(c1ccccc1)c1ccccc1. The van der Waals surface area contributed by atoms with E-state index in [-0.39, 0.29) is 0 Å². The maximum absolute atomic E-state index is 4.26. The zero-order valence-electron chi connectivity index (χ0n) is 14.2. The highest BCUT2D eigenvalue weighted by atomic mass is 28.3. The van der Waals surface area contributed by atoms with Crippen molar-refractivity contribution in [3.63, 3.8) is 0 Å². The molecule has 3 rings (SSSR count). The standard InChI is InChI=1S/C21H24N2Si/c1-2-3-10-17-24(19-23-16-15-22-18-23,20-11-6-4-7-12-20)21-13-8-5-9-14-21/h2-9,11-16,18H,10,17,19H2,1H3. The van der Waals surface area contributed by atoms with Crippen molar-refractivity contribution in [3.05, 3.63) is 91.5 Å². The van der Waals surface area contributed by atoms with Gasteiger partial charge in [-0.3, -0.25) is 0 Å². The number of benzene rings is 2. The molecule has 24 heavy (non-hydrogen) atoms. The summed E-state index contributed by atoms with van der Waals surface area (Å²) in [5.74, 6) is 0. The van der Waals surface area contributed by atoms with Gasteiger partial charge in [0.2, 0.25) is 0 Å². The van der Waals surface area contributed by atoms with Crippen molar-refractivity contribution in [3.8, 4) is 0 Å². The fourth-order valence-corrected chi connectivity index (χ4v) is 7.98. The van der Waals surface area contributed by atoms with Crippen molar-refractivity contribution in [2.75, 3.05) is 0 Å². The summed E-state index contributed by atoms with van der Waals surface area (Å²) >= 11 is 0. The Morgan fingerprint density at radius 1 is 0.958 bits per heavy atom. The van der Waals surface area contributed by atoms with E-state index in [1.54, 1.807) is 0 Å². The van der Waals surface area contributed by atoms with Crippen molar-refractivity contribution in [2.45, 2.75) is 25.6 Å². The van der Waals surface area contributed by atoms with Crippen LogP contribution in [0.4, 0.5) is 0 Å². The molecule has 0 atom stereocenters. The molecule has 122 valence electrons. The van der Waals surface area contributed by atoms with Gasteiger partial charge in [0.15, 0.2) is 0 Å². The van der Waals surface area contributed by atoms with Gasteiger partial charge >= 0.3 is 0 Å². The Balaban J connectivity index is 2.11. The third-order valence-electron chi connectivity index (χ3n) is 4.64. The highest BCUT2D eigenvalue weighted by Gasteiger charge is 2.36. The quantitative estimate of drug-likeness (QED) is 0.477. The highest BCUT2D eigenvalue weighted by Crippen LogP contribution is 2.17. The van der Waals surface area contributed by atoms with Crippen molar-refractivity contribution in [1.82, 2.24) is 9.55 Å². The number of hydrogen-bond donors (Lipinski definition) is 0. The van der Waals surface area contributed by atoms with E-state index in [1.165, 1.54) is 16.4 Å². The molecule has 0 aliphatic rings. The molecule has 0 saturated carbocycles. The van der Waals surface area contributed by atoms with Gasteiger partial charge in [0.25, 0.3) is 0 Å². The van der Waals surface area contributed by atoms with Crippen molar-refractivity contribution in [2.24, 2.45) is 0 Å². The first-order valence-corrected chi connectivity index (χ1v) is 10.9. The topological polar surface area (TPSA) is 17.8 Å². The lowest BCUT2D eigenvalue weighted by Gasteiger charge is -2.33. The monoisotopic (exact) mass is 332 g/mol. The lowest BCUT2D eigenvalue weighted by atomic mass is 10.4. The van der Waals surface area contributed by atoms with E-state index in [0.29, 0.717) is 0 Å². The molecule has 0 amide bonds. The lowest BCUT2D eigenvalue weighted by Crippen LogP contribution is -2.61. The van der Waals surface area contributed by atoms with Crippen molar-refractivity contribution in [1.29, 1.82) is 0 Å². The molecule has 0 bridgehead atoms. The molecule has 1 heterocycles. The van der Waals surface area contributed by atoms with Gasteiger partial charge in [-0.05, 0) is 19.4 Å². The molecule has 0 aliphatic carbocycles. The van der Waals surface area contributed by atoms with E-state index < -0.39 is 8.07 Å². The van der Waals surface area contributed by atoms with Gasteiger partial charge in [-0.15, -0.1) is 0 Å². The fraction of sp³-hybridized carbons (Fsp3) is 0.190. The third-order valence-corrected chi connectivity index (χ3v) is 9.56. The Morgan fingerprint density at radius 2 is 1.58 bits per heavy atom. The average molecular weight is 333 g/mol. The molecular weight excluding hydrogens is 308 g/mol. The average Bonchev–Trinajstić information content (AvgIpc) is 3.15. The van der Waals surface area contributed by atoms with Gasteiger partial charge < -0.3 is 4.57 Å². The first-order valence-electron chi connectivity index (χ1n) is 8.53. The van der Waals surface area contributed by atoms with E-state index in [4.69, 9.17) is 0 Å². The largest absolute Gasteiger partial charge is 0.340 e. The van der Waals surface area contributed by atoms with Gasteiger partial charge in [0.05, 0.1) is 6.33 Å². The molecule has 0 radical (unpaired) electrons. The molecule has 0 aliphatic heterocycles. The van der Waals surface area contributed by atoms with Gasteiger partial charge in [0.1, 0.15) is 8.07 Å². The highest BCUT2D eigenvalue weighted by molar-refractivity contribution is 7.01. The second kappa shape index (κ2) is 7.93. The summed E-state index contributed by atoms with van der Waals surface area (Å²) in [5, 5.41) is 2.99. The first-order chi connectivity index (χ1) is 11.8. The molecule has 0 fully saturated rings. The predicted molar refractivity (Wildman–Crippen MR) is 104 cm³/mol. The number of nitrogens with zero attached hydrogens (tertiary/aromatic N) is 2. The summed E-state index contributed by atoms with van der Waals surface area (Å²) in [6.45, 7) is 2.10. The van der Waals surface area contributed by atoms with Gasteiger partial charge in [0, 0.05) is 18.6 Å². The van der Waals surface area contributed by atoms with Crippen molar-refractivity contribution >= 4 is 18.4 Å². The molecule has 3 aromatic rings. The number of rotatable bonds is 7. The molecule has 0 N–H and O–H groups in total. The number of allylic oxidation sites excluding steroid dienone is 2. The summed E-state index contributed by atoms with van der Waals surface area (Å²) in [6.07, 6.45) is 12.5. The van der Waals surface area contributed by atoms with E-state index in [2.05, 4.69) is 95.5 Å². The van der Waals surface area contributed by atoms with Crippen molar-refractivity contribution < 1.29 is 0 Å². The van der Waals surface area contributed by atoms with Crippen LogP contribution in [0.1, 0.15) is 13.3 Å². The van der Waals surface area contributed by atoms with Crippen LogP contribution in [0.15, 0.2) is 91.5 Å². The zero-order chi connectivity index (χ0) is 16.7. The third kappa shape index (κ3) is 3.57. The van der Waals surface area contributed by atoms with Crippen LogP contribution in [0.5, 0.6) is 0 Å². The molecular formula is C21H24N2Si. The van der Waals surface area contributed by atoms with Gasteiger partial charge in [-0.25, -0.2) is 4.98 Å². The van der Waals surface area contributed by atoms with Gasteiger partial charge in [-0.1, -0.05) is 83.2 Å². The minimum absolute atomic E-state index is 1.03. The summed E-state index contributed by atoms with van der Waals surface area (Å²) < 4.78 is 2.25. The fourth-order valence-electron chi connectivity index (χ4n) is 3.42. The second-order valence-corrected chi connectivity index (χ2v) is 10.3. The van der Waals surface area contributed by atoms with E-state index >= 15 is 0 Å².